The summed E-state index contributed by atoms with van der Waals surface area (Å²) >= 11 is 4.80. The quantitative estimate of drug-likeness (QED) is 0.467. The zero-order valence-electron chi connectivity index (χ0n) is 10.3. The van der Waals surface area contributed by atoms with Crippen LogP contribution < -0.4 is 10.6 Å². The third-order valence-corrected chi connectivity index (χ3v) is 3.23. The van der Waals surface area contributed by atoms with E-state index in [0.29, 0.717) is 12.0 Å². The molecule has 0 bridgehead atoms. The standard InChI is InChI=1S/C12H12N2O2S.Na/c1-2-12(8-6-4-3-5-7-8)9(15)13-11(17)14-10(12)16;/h3-7H,2H2,1H3,(H2,13,14,15,16,17);. The molecule has 4 nitrogen and oxygen atoms in total. The molecule has 0 saturated carbocycles. The molecule has 2 rings (SSSR count). The van der Waals surface area contributed by atoms with Crippen LogP contribution in [-0.2, 0) is 15.0 Å². The Kier molecular flexibility index (Phi) is 5.04. The number of amides is 2. The van der Waals surface area contributed by atoms with Crippen LogP contribution in [0.25, 0.3) is 0 Å². The maximum Gasteiger partial charge on any atom is 0.246 e. The molecule has 1 aromatic rings. The minimum atomic E-state index is -1.18. The van der Waals surface area contributed by atoms with E-state index in [1.807, 2.05) is 6.07 Å². The number of rotatable bonds is 2. The van der Waals surface area contributed by atoms with Gasteiger partial charge in [0.1, 0.15) is 0 Å². The van der Waals surface area contributed by atoms with E-state index < -0.39 is 5.41 Å². The molecule has 1 radical (unpaired) electrons. The maximum absolute atomic E-state index is 12.1. The molecule has 2 amide bonds. The van der Waals surface area contributed by atoms with E-state index in [0.717, 1.165) is 0 Å². The summed E-state index contributed by atoms with van der Waals surface area (Å²) in [5.74, 6) is -0.722. The Labute approximate surface area is 133 Å². The minimum absolute atomic E-state index is 0. The Hall–Kier alpha value is -0.750. The van der Waals surface area contributed by atoms with E-state index in [1.165, 1.54) is 0 Å². The van der Waals surface area contributed by atoms with E-state index in [-0.39, 0.29) is 46.5 Å². The fourth-order valence-electron chi connectivity index (χ4n) is 2.06. The van der Waals surface area contributed by atoms with Gasteiger partial charge in [-0.2, -0.15) is 0 Å². The van der Waals surface area contributed by atoms with Crippen molar-refractivity contribution in [2.45, 2.75) is 18.8 Å². The molecule has 6 heteroatoms. The van der Waals surface area contributed by atoms with Crippen LogP contribution in [0.2, 0.25) is 0 Å². The van der Waals surface area contributed by atoms with E-state index in [1.54, 1.807) is 31.2 Å². The number of carbonyl (C=O) groups is 2. The molecule has 0 aromatic heterocycles. The predicted molar refractivity (Wildman–Crippen MR) is 73.0 cm³/mol. The molecule has 0 spiro atoms. The molecule has 2 N–H and O–H groups in total. The van der Waals surface area contributed by atoms with Crippen molar-refractivity contribution in [3.8, 4) is 0 Å². The number of carbonyl (C=O) groups excluding carboxylic acids is 2. The molecule has 1 saturated heterocycles. The van der Waals surface area contributed by atoms with Crippen LogP contribution in [0.5, 0.6) is 0 Å². The van der Waals surface area contributed by atoms with Gasteiger partial charge in [0.15, 0.2) is 10.5 Å². The van der Waals surface area contributed by atoms with Gasteiger partial charge in [-0.1, -0.05) is 37.3 Å². The Bertz CT molecular complexity index is 470. The van der Waals surface area contributed by atoms with E-state index >= 15 is 0 Å². The molecule has 1 fully saturated rings. The summed E-state index contributed by atoms with van der Waals surface area (Å²) in [6.45, 7) is 1.81. The van der Waals surface area contributed by atoms with Gasteiger partial charge in [-0.25, -0.2) is 0 Å². The molecular weight excluding hydrogens is 259 g/mol. The van der Waals surface area contributed by atoms with Gasteiger partial charge in [-0.3, -0.25) is 9.59 Å². The van der Waals surface area contributed by atoms with Gasteiger partial charge in [-0.15, -0.1) is 0 Å². The van der Waals surface area contributed by atoms with Gasteiger partial charge in [-0.05, 0) is 24.2 Å². The second kappa shape index (κ2) is 5.93. The molecule has 89 valence electrons. The third-order valence-electron chi connectivity index (χ3n) is 3.03. The summed E-state index contributed by atoms with van der Waals surface area (Å²) in [6.07, 6.45) is 0.386. The van der Waals surface area contributed by atoms with Crippen molar-refractivity contribution in [1.82, 2.24) is 10.6 Å². The minimum Gasteiger partial charge on any atom is -0.302 e. The van der Waals surface area contributed by atoms with Gasteiger partial charge in [0.2, 0.25) is 11.8 Å². The van der Waals surface area contributed by atoms with Crippen LogP contribution in [0.4, 0.5) is 0 Å². The average Bonchev–Trinajstić information content (AvgIpc) is 2.30. The smallest absolute Gasteiger partial charge is 0.246 e. The van der Waals surface area contributed by atoms with Crippen molar-refractivity contribution in [1.29, 1.82) is 0 Å². The first-order valence-electron chi connectivity index (χ1n) is 5.33. The maximum atomic E-state index is 12.1. The third kappa shape index (κ3) is 2.36. The van der Waals surface area contributed by atoms with Gasteiger partial charge < -0.3 is 10.6 Å². The topological polar surface area (TPSA) is 58.2 Å². The van der Waals surface area contributed by atoms with Crippen LogP contribution in [0, 0.1) is 0 Å². The van der Waals surface area contributed by atoms with Crippen molar-refractivity contribution in [3.63, 3.8) is 0 Å². The number of thiocarbonyl (C=S) groups is 1. The number of nitrogens with one attached hydrogen (secondary N) is 2. The fourth-order valence-corrected chi connectivity index (χ4v) is 2.25. The summed E-state index contributed by atoms with van der Waals surface area (Å²) in [4.78, 5) is 24.2. The van der Waals surface area contributed by atoms with Crippen molar-refractivity contribution < 1.29 is 9.59 Å². The number of benzene rings is 1. The van der Waals surface area contributed by atoms with Crippen LogP contribution in [0.1, 0.15) is 18.9 Å². The molecule has 1 aliphatic heterocycles. The zero-order chi connectivity index (χ0) is 12.5. The van der Waals surface area contributed by atoms with Crippen molar-refractivity contribution in [3.05, 3.63) is 35.9 Å². The van der Waals surface area contributed by atoms with E-state index in [4.69, 9.17) is 12.2 Å². The predicted octanol–water partition coefficient (Wildman–Crippen LogP) is 0.485. The Morgan fingerprint density at radius 2 is 1.61 bits per heavy atom. The van der Waals surface area contributed by atoms with Crippen molar-refractivity contribution in [2.75, 3.05) is 0 Å². The first-order chi connectivity index (χ1) is 8.11. The molecule has 0 aliphatic carbocycles. The summed E-state index contributed by atoms with van der Waals surface area (Å²) < 4.78 is 0. The largest absolute Gasteiger partial charge is 0.302 e. The van der Waals surface area contributed by atoms with Gasteiger partial charge in [0.25, 0.3) is 0 Å². The average molecular weight is 271 g/mol. The summed E-state index contributed by atoms with van der Waals surface area (Å²) in [7, 11) is 0. The molecule has 18 heavy (non-hydrogen) atoms. The fraction of sp³-hybridized carbons (Fsp3) is 0.250. The van der Waals surface area contributed by atoms with Gasteiger partial charge in [0, 0.05) is 29.6 Å². The van der Waals surface area contributed by atoms with Crippen LogP contribution >= 0.6 is 12.2 Å². The Balaban J connectivity index is 0.00000162. The van der Waals surface area contributed by atoms with Crippen LogP contribution in [-0.4, -0.2) is 46.5 Å². The molecule has 1 aliphatic rings. The first-order valence-corrected chi connectivity index (χ1v) is 5.74. The number of hydrogen-bond donors (Lipinski definition) is 2. The van der Waals surface area contributed by atoms with E-state index in [2.05, 4.69) is 10.6 Å². The van der Waals surface area contributed by atoms with Crippen LogP contribution in [0.3, 0.4) is 0 Å². The SMILES string of the molecule is CCC1(c2ccccc2)C(=O)NC(=S)NC1=O.[Na]. The summed E-state index contributed by atoms with van der Waals surface area (Å²) in [6, 6.07) is 9.00. The van der Waals surface area contributed by atoms with Crippen molar-refractivity contribution >= 4 is 58.7 Å². The van der Waals surface area contributed by atoms with Crippen LogP contribution in [0.15, 0.2) is 30.3 Å². The Morgan fingerprint density at radius 3 is 2.06 bits per heavy atom. The normalized spacial score (nSPS) is 17.5. The number of hydrogen-bond acceptors (Lipinski definition) is 3. The molecule has 1 aromatic carbocycles. The molecule has 1 heterocycles. The monoisotopic (exact) mass is 271 g/mol. The zero-order valence-corrected chi connectivity index (χ0v) is 13.1. The molecule has 0 atom stereocenters. The van der Waals surface area contributed by atoms with Gasteiger partial charge in [0.05, 0.1) is 0 Å². The first kappa shape index (κ1) is 15.3. The summed E-state index contributed by atoms with van der Waals surface area (Å²) in [5.41, 5.74) is -0.496. The van der Waals surface area contributed by atoms with Crippen molar-refractivity contribution in [2.24, 2.45) is 0 Å². The second-order valence-electron chi connectivity index (χ2n) is 3.86. The summed E-state index contributed by atoms with van der Waals surface area (Å²) in [5, 5.41) is 5.09. The second-order valence-corrected chi connectivity index (χ2v) is 4.27. The Morgan fingerprint density at radius 1 is 1.11 bits per heavy atom. The van der Waals surface area contributed by atoms with E-state index in [9.17, 15) is 9.59 Å². The molecular formula is C12H12N2NaO2S. The molecule has 0 unspecified atom stereocenters. The van der Waals surface area contributed by atoms with Gasteiger partial charge >= 0.3 is 0 Å².